The van der Waals surface area contributed by atoms with E-state index in [0.29, 0.717) is 10.7 Å². The monoisotopic (exact) mass is 595 g/mol. The molecule has 1 aliphatic carbocycles. The Hall–Kier alpha value is -3.36. The van der Waals surface area contributed by atoms with Crippen molar-refractivity contribution in [2.75, 3.05) is 10.8 Å². The van der Waals surface area contributed by atoms with Gasteiger partial charge in [0.1, 0.15) is 12.6 Å². The maximum atomic E-state index is 14.1. The van der Waals surface area contributed by atoms with Gasteiger partial charge in [0.05, 0.1) is 10.6 Å². The number of benzene rings is 3. The molecular weight excluding hydrogens is 558 g/mol. The number of carbonyl (C=O) groups excluding carboxylic acids is 2. The third kappa shape index (κ3) is 7.49. The van der Waals surface area contributed by atoms with Gasteiger partial charge in [0, 0.05) is 17.6 Å². The molecule has 1 N–H and O–H groups in total. The van der Waals surface area contributed by atoms with Crippen molar-refractivity contribution in [3.05, 3.63) is 94.0 Å². The second-order valence-corrected chi connectivity index (χ2v) is 13.2. The Labute approximate surface area is 248 Å². The first-order valence-corrected chi connectivity index (χ1v) is 15.8. The number of nitrogens with zero attached hydrogens (tertiary/aromatic N) is 2. The van der Waals surface area contributed by atoms with Crippen molar-refractivity contribution in [3.8, 4) is 0 Å². The maximum absolute atomic E-state index is 14.1. The molecule has 0 saturated heterocycles. The first-order valence-electron chi connectivity index (χ1n) is 14.0. The van der Waals surface area contributed by atoms with Crippen molar-refractivity contribution in [1.29, 1.82) is 0 Å². The molecule has 1 aliphatic rings. The van der Waals surface area contributed by atoms with Crippen LogP contribution in [0.25, 0.3) is 0 Å². The Balaban J connectivity index is 1.70. The third-order valence-corrected chi connectivity index (χ3v) is 9.84. The van der Waals surface area contributed by atoms with Crippen LogP contribution >= 0.6 is 11.6 Å². The molecule has 41 heavy (non-hydrogen) atoms. The lowest BCUT2D eigenvalue weighted by molar-refractivity contribution is -0.139. The van der Waals surface area contributed by atoms with E-state index in [4.69, 9.17) is 11.6 Å². The highest BCUT2D eigenvalue weighted by molar-refractivity contribution is 7.92. The smallest absolute Gasteiger partial charge is 0.264 e. The molecule has 7 nitrogen and oxygen atoms in total. The number of sulfonamides is 1. The number of amides is 2. The van der Waals surface area contributed by atoms with Crippen LogP contribution in [0.3, 0.4) is 0 Å². The van der Waals surface area contributed by atoms with Crippen molar-refractivity contribution < 1.29 is 18.0 Å². The molecule has 218 valence electrons. The predicted octanol–water partition coefficient (Wildman–Crippen LogP) is 5.94. The molecule has 1 atom stereocenters. The van der Waals surface area contributed by atoms with Gasteiger partial charge in [-0.05, 0) is 93.6 Å². The van der Waals surface area contributed by atoms with Crippen LogP contribution in [-0.4, -0.2) is 43.8 Å². The molecule has 1 saturated carbocycles. The highest BCUT2D eigenvalue weighted by atomic mass is 35.5. The lowest BCUT2D eigenvalue weighted by Gasteiger charge is -2.32. The van der Waals surface area contributed by atoms with E-state index < -0.39 is 28.5 Å². The molecule has 0 heterocycles. The van der Waals surface area contributed by atoms with Crippen LogP contribution in [0.15, 0.2) is 71.6 Å². The lowest BCUT2D eigenvalue weighted by Crippen LogP contribution is -2.52. The maximum Gasteiger partial charge on any atom is 0.264 e. The number of nitrogens with one attached hydrogen (secondary N) is 1. The van der Waals surface area contributed by atoms with Gasteiger partial charge in [-0.15, -0.1) is 0 Å². The van der Waals surface area contributed by atoms with E-state index in [1.165, 1.54) is 29.2 Å². The largest absolute Gasteiger partial charge is 0.352 e. The number of aryl methyl sites for hydroxylation is 3. The molecule has 9 heteroatoms. The summed E-state index contributed by atoms with van der Waals surface area (Å²) in [4.78, 5) is 28.9. The summed E-state index contributed by atoms with van der Waals surface area (Å²) in [5, 5.41) is 3.50. The van der Waals surface area contributed by atoms with E-state index >= 15 is 0 Å². The van der Waals surface area contributed by atoms with Gasteiger partial charge in [-0.1, -0.05) is 60.3 Å². The van der Waals surface area contributed by atoms with Gasteiger partial charge in [-0.2, -0.15) is 0 Å². The zero-order valence-corrected chi connectivity index (χ0v) is 25.6. The van der Waals surface area contributed by atoms with E-state index in [0.717, 1.165) is 52.2 Å². The number of hydrogen-bond donors (Lipinski definition) is 1. The highest BCUT2D eigenvalue weighted by Crippen LogP contribution is 2.27. The fourth-order valence-corrected chi connectivity index (χ4v) is 6.54. The van der Waals surface area contributed by atoms with Crippen LogP contribution < -0.4 is 9.62 Å². The van der Waals surface area contributed by atoms with Gasteiger partial charge >= 0.3 is 0 Å². The number of carbonyl (C=O) groups is 2. The molecule has 4 rings (SSSR count). The van der Waals surface area contributed by atoms with Crippen molar-refractivity contribution >= 4 is 39.1 Å². The Morgan fingerprint density at radius 2 is 1.56 bits per heavy atom. The fraction of sp³-hybridized carbons (Fsp3) is 0.375. The van der Waals surface area contributed by atoms with Crippen LogP contribution in [0.5, 0.6) is 0 Å². The molecule has 2 amide bonds. The Morgan fingerprint density at radius 3 is 2.17 bits per heavy atom. The summed E-state index contributed by atoms with van der Waals surface area (Å²) in [5.41, 5.74) is 4.19. The number of hydrogen-bond acceptors (Lipinski definition) is 4. The molecule has 1 fully saturated rings. The summed E-state index contributed by atoms with van der Waals surface area (Å²) in [7, 11) is -4.15. The topological polar surface area (TPSA) is 86.8 Å². The average molecular weight is 596 g/mol. The molecule has 3 aromatic carbocycles. The molecule has 3 aromatic rings. The predicted molar refractivity (Wildman–Crippen MR) is 163 cm³/mol. The average Bonchev–Trinajstić information content (AvgIpc) is 3.45. The second kappa shape index (κ2) is 13.1. The van der Waals surface area contributed by atoms with Crippen LogP contribution in [0, 0.1) is 20.8 Å². The Morgan fingerprint density at radius 1 is 0.927 bits per heavy atom. The van der Waals surface area contributed by atoms with Crippen LogP contribution in [0.4, 0.5) is 5.69 Å². The third-order valence-electron chi connectivity index (χ3n) is 7.80. The van der Waals surface area contributed by atoms with E-state index in [1.54, 1.807) is 19.1 Å². The summed E-state index contributed by atoms with van der Waals surface area (Å²) in [6, 6.07) is 18.2. The highest BCUT2D eigenvalue weighted by Gasteiger charge is 2.33. The van der Waals surface area contributed by atoms with Gasteiger partial charge < -0.3 is 10.2 Å². The molecular formula is C32H38ClN3O4S. The minimum absolute atomic E-state index is 0.0186. The molecule has 0 spiro atoms. The quantitative estimate of drug-likeness (QED) is 0.314. The minimum Gasteiger partial charge on any atom is -0.352 e. The molecule has 0 bridgehead atoms. The zero-order valence-electron chi connectivity index (χ0n) is 24.1. The summed E-state index contributed by atoms with van der Waals surface area (Å²) in [6.45, 7) is 7.21. The Bertz CT molecular complexity index is 1480. The van der Waals surface area contributed by atoms with Crippen LogP contribution in [0.2, 0.25) is 5.02 Å². The zero-order chi connectivity index (χ0) is 29.7. The van der Waals surface area contributed by atoms with Crippen molar-refractivity contribution in [2.24, 2.45) is 0 Å². The summed E-state index contributed by atoms with van der Waals surface area (Å²) in [5.74, 6) is -0.717. The Kier molecular flexibility index (Phi) is 9.76. The van der Waals surface area contributed by atoms with Crippen LogP contribution in [0.1, 0.15) is 54.9 Å². The van der Waals surface area contributed by atoms with Gasteiger partial charge in [-0.3, -0.25) is 13.9 Å². The minimum atomic E-state index is -4.15. The number of rotatable bonds is 10. The first-order chi connectivity index (χ1) is 19.5. The summed E-state index contributed by atoms with van der Waals surface area (Å²) >= 11 is 6.03. The van der Waals surface area contributed by atoms with E-state index in [2.05, 4.69) is 5.32 Å². The summed E-state index contributed by atoms with van der Waals surface area (Å²) in [6.07, 6.45) is 3.98. The standard InChI is InChI=1S/C32H38ClN3O4S/c1-22-9-12-26(13-10-22)20-35(25(4)32(38)34-28-7-5-6-8-28)31(37)21-36(29-16-11-23(2)24(3)19-29)41(39,40)30-17-14-27(33)15-18-30/h9-19,25,28H,5-8,20-21H2,1-4H3,(H,34,38)/t25-/m1/s1. The van der Waals surface area contributed by atoms with E-state index in [-0.39, 0.29) is 23.4 Å². The lowest BCUT2D eigenvalue weighted by atomic mass is 10.1. The number of anilines is 1. The summed E-state index contributed by atoms with van der Waals surface area (Å²) < 4.78 is 29.0. The van der Waals surface area contributed by atoms with Gasteiger partial charge in [0.2, 0.25) is 11.8 Å². The van der Waals surface area contributed by atoms with Crippen molar-refractivity contribution in [2.45, 2.75) is 76.9 Å². The van der Waals surface area contributed by atoms with Crippen LogP contribution in [-0.2, 0) is 26.2 Å². The normalized spacial score (nSPS) is 14.5. The molecule has 0 radical (unpaired) electrons. The van der Waals surface area contributed by atoms with Crippen molar-refractivity contribution in [1.82, 2.24) is 10.2 Å². The van der Waals surface area contributed by atoms with E-state index in [9.17, 15) is 18.0 Å². The van der Waals surface area contributed by atoms with Gasteiger partial charge in [0.15, 0.2) is 0 Å². The molecule has 0 aliphatic heterocycles. The number of halogens is 1. The fourth-order valence-electron chi connectivity index (χ4n) is 5.01. The first kappa shape index (κ1) is 30.6. The van der Waals surface area contributed by atoms with E-state index in [1.807, 2.05) is 51.1 Å². The van der Waals surface area contributed by atoms with Gasteiger partial charge in [0.25, 0.3) is 10.0 Å². The van der Waals surface area contributed by atoms with Crippen molar-refractivity contribution in [3.63, 3.8) is 0 Å². The molecule has 0 unspecified atom stereocenters. The van der Waals surface area contributed by atoms with Gasteiger partial charge in [-0.25, -0.2) is 8.42 Å². The molecule has 0 aromatic heterocycles. The SMILES string of the molecule is Cc1ccc(CN(C(=O)CN(c2ccc(C)c(C)c2)S(=O)(=O)c2ccc(Cl)cc2)[C@H](C)C(=O)NC2CCCC2)cc1. The second-order valence-electron chi connectivity index (χ2n) is 10.9.